The molecule has 1 amide bonds. The number of carbonyl (C=O) groups is 2. The molecule has 7 nitrogen and oxygen atoms in total. The van der Waals surface area contributed by atoms with Crippen LogP contribution in [0.25, 0.3) is 5.57 Å². The number of esters is 1. The molecule has 1 atom stereocenters. The second-order valence-corrected chi connectivity index (χ2v) is 7.31. The van der Waals surface area contributed by atoms with Crippen molar-refractivity contribution in [3.63, 3.8) is 0 Å². The van der Waals surface area contributed by atoms with Crippen LogP contribution in [0.1, 0.15) is 39.8 Å². The van der Waals surface area contributed by atoms with Crippen LogP contribution in [0.5, 0.6) is 0 Å². The van der Waals surface area contributed by atoms with Crippen LogP contribution < -0.4 is 0 Å². The number of hydrogen-bond acceptors (Lipinski definition) is 6. The number of benzene rings is 2. The van der Waals surface area contributed by atoms with Gasteiger partial charge in [-0.3, -0.25) is 4.90 Å². The Hall–Kier alpha value is -4.00. The summed E-state index contributed by atoms with van der Waals surface area (Å²) in [6.07, 6.45) is 5.59. The quantitative estimate of drug-likeness (QED) is 0.558. The fraction of sp³-hybridized carbons (Fsp3) is 0.200. The number of aromatic nitrogens is 2. The summed E-state index contributed by atoms with van der Waals surface area (Å²) >= 11 is 0. The SMILES string of the molecule is COC(=O)c1ccc([C@@H]2C=C(c3ncccn3)CCN2C(=O)OCc2ccccc2)cc1. The first-order chi connectivity index (χ1) is 15.7. The van der Waals surface area contributed by atoms with Crippen LogP contribution in [0.15, 0.2) is 79.1 Å². The third kappa shape index (κ3) is 4.83. The summed E-state index contributed by atoms with van der Waals surface area (Å²) in [5.74, 6) is 0.231. The van der Waals surface area contributed by atoms with Gasteiger partial charge >= 0.3 is 12.1 Å². The van der Waals surface area contributed by atoms with Crippen molar-refractivity contribution in [1.29, 1.82) is 0 Å². The van der Waals surface area contributed by atoms with Crippen LogP contribution in [-0.2, 0) is 16.1 Å². The largest absolute Gasteiger partial charge is 0.465 e. The van der Waals surface area contributed by atoms with Crippen molar-refractivity contribution in [1.82, 2.24) is 14.9 Å². The Balaban J connectivity index is 1.60. The first kappa shape index (κ1) is 21.2. The maximum Gasteiger partial charge on any atom is 0.410 e. The molecular formula is C25H23N3O4. The van der Waals surface area contributed by atoms with Crippen LogP contribution in [0.3, 0.4) is 0 Å². The summed E-state index contributed by atoms with van der Waals surface area (Å²) in [7, 11) is 1.34. The molecule has 1 aliphatic rings. The molecule has 0 N–H and O–H groups in total. The number of rotatable bonds is 5. The molecule has 32 heavy (non-hydrogen) atoms. The molecule has 0 bridgehead atoms. The van der Waals surface area contributed by atoms with E-state index in [2.05, 4.69) is 9.97 Å². The van der Waals surface area contributed by atoms with Gasteiger partial charge in [0, 0.05) is 18.9 Å². The molecule has 1 aliphatic heterocycles. The minimum Gasteiger partial charge on any atom is -0.465 e. The van der Waals surface area contributed by atoms with Crippen molar-refractivity contribution in [2.75, 3.05) is 13.7 Å². The van der Waals surface area contributed by atoms with Crippen LogP contribution in [0.4, 0.5) is 4.79 Å². The summed E-state index contributed by atoms with van der Waals surface area (Å²) in [6, 6.07) is 18.0. The minimum atomic E-state index is -0.409. The van der Waals surface area contributed by atoms with Gasteiger partial charge in [0.05, 0.1) is 18.7 Å². The van der Waals surface area contributed by atoms with Crippen LogP contribution in [0.2, 0.25) is 0 Å². The highest BCUT2D eigenvalue weighted by molar-refractivity contribution is 5.89. The van der Waals surface area contributed by atoms with Gasteiger partial charge in [0.1, 0.15) is 6.61 Å². The average Bonchev–Trinajstić information content (AvgIpc) is 2.87. The highest BCUT2D eigenvalue weighted by Gasteiger charge is 2.30. The smallest absolute Gasteiger partial charge is 0.410 e. The van der Waals surface area contributed by atoms with E-state index in [-0.39, 0.29) is 12.6 Å². The van der Waals surface area contributed by atoms with Crippen molar-refractivity contribution >= 4 is 17.6 Å². The molecule has 0 spiro atoms. The first-order valence-electron chi connectivity index (χ1n) is 10.3. The van der Waals surface area contributed by atoms with Gasteiger partial charge in [-0.25, -0.2) is 19.6 Å². The van der Waals surface area contributed by atoms with E-state index >= 15 is 0 Å². The molecule has 0 radical (unpaired) electrons. The van der Waals surface area contributed by atoms with Crippen molar-refractivity contribution in [3.05, 3.63) is 102 Å². The second kappa shape index (κ2) is 9.87. The topological polar surface area (TPSA) is 81.6 Å². The van der Waals surface area contributed by atoms with Gasteiger partial charge in [-0.1, -0.05) is 48.5 Å². The zero-order valence-corrected chi connectivity index (χ0v) is 17.7. The molecule has 0 unspecified atom stereocenters. The molecule has 2 heterocycles. The van der Waals surface area contributed by atoms with Gasteiger partial charge in [0.15, 0.2) is 5.82 Å². The van der Waals surface area contributed by atoms with E-state index in [0.717, 1.165) is 16.7 Å². The number of nitrogens with zero attached hydrogens (tertiary/aromatic N) is 3. The lowest BCUT2D eigenvalue weighted by molar-refractivity contribution is 0.0600. The number of ether oxygens (including phenoxy) is 2. The Morgan fingerprint density at radius 3 is 2.41 bits per heavy atom. The highest BCUT2D eigenvalue weighted by Crippen LogP contribution is 2.33. The van der Waals surface area contributed by atoms with Crippen LogP contribution in [-0.4, -0.2) is 40.6 Å². The fourth-order valence-electron chi connectivity index (χ4n) is 3.61. The highest BCUT2D eigenvalue weighted by atomic mass is 16.6. The van der Waals surface area contributed by atoms with Gasteiger partial charge in [0.25, 0.3) is 0 Å². The standard InChI is InChI=1S/C25H23N3O4/c1-31-24(29)20-10-8-19(9-11-20)22-16-21(23-26-13-5-14-27-23)12-15-28(22)25(30)32-17-18-6-3-2-4-7-18/h2-11,13-14,16,22H,12,15,17H2,1H3/t22-/m0/s1. The molecule has 3 aromatic rings. The average molecular weight is 429 g/mol. The molecule has 162 valence electrons. The number of hydrogen-bond donors (Lipinski definition) is 0. The monoisotopic (exact) mass is 429 g/mol. The van der Waals surface area contributed by atoms with Crippen molar-refractivity contribution in [3.8, 4) is 0 Å². The molecule has 2 aromatic carbocycles. The molecule has 7 heteroatoms. The summed E-state index contributed by atoms with van der Waals surface area (Å²) in [5.41, 5.74) is 3.17. The number of methoxy groups -OCH3 is 1. The van der Waals surface area contributed by atoms with Crippen molar-refractivity contribution in [2.24, 2.45) is 0 Å². The van der Waals surface area contributed by atoms with Crippen LogP contribution in [0, 0.1) is 0 Å². The van der Waals surface area contributed by atoms with Gasteiger partial charge in [0.2, 0.25) is 0 Å². The van der Waals surface area contributed by atoms with Gasteiger partial charge in [-0.2, -0.15) is 0 Å². The van der Waals surface area contributed by atoms with Crippen molar-refractivity contribution < 1.29 is 19.1 Å². The van der Waals surface area contributed by atoms with E-state index in [1.807, 2.05) is 48.5 Å². The summed E-state index contributed by atoms with van der Waals surface area (Å²) in [4.78, 5) is 35.2. The molecule has 0 saturated carbocycles. The lowest BCUT2D eigenvalue weighted by Gasteiger charge is -2.33. The molecule has 0 saturated heterocycles. The van der Waals surface area contributed by atoms with Gasteiger partial charge < -0.3 is 9.47 Å². The maximum atomic E-state index is 13.0. The predicted molar refractivity (Wildman–Crippen MR) is 118 cm³/mol. The molecule has 0 fully saturated rings. The van der Waals surface area contributed by atoms with E-state index < -0.39 is 12.1 Å². The lowest BCUT2D eigenvalue weighted by Crippen LogP contribution is -2.38. The minimum absolute atomic E-state index is 0.197. The predicted octanol–water partition coefficient (Wildman–Crippen LogP) is 4.43. The normalized spacial score (nSPS) is 15.6. The van der Waals surface area contributed by atoms with E-state index in [4.69, 9.17) is 9.47 Å². The lowest BCUT2D eigenvalue weighted by atomic mass is 9.95. The third-order valence-corrected chi connectivity index (χ3v) is 5.28. The van der Waals surface area contributed by atoms with Crippen LogP contribution >= 0.6 is 0 Å². The van der Waals surface area contributed by atoms with Gasteiger partial charge in [-0.05, 0) is 41.3 Å². The Labute approximate surface area is 186 Å². The fourth-order valence-corrected chi connectivity index (χ4v) is 3.61. The Kier molecular flexibility index (Phi) is 6.55. The molecule has 1 aromatic heterocycles. The third-order valence-electron chi connectivity index (χ3n) is 5.28. The zero-order chi connectivity index (χ0) is 22.3. The first-order valence-corrected chi connectivity index (χ1v) is 10.3. The number of amides is 1. The van der Waals surface area contributed by atoms with E-state index in [0.29, 0.717) is 24.4 Å². The Morgan fingerprint density at radius 2 is 1.72 bits per heavy atom. The van der Waals surface area contributed by atoms with Crippen molar-refractivity contribution in [2.45, 2.75) is 19.1 Å². The van der Waals surface area contributed by atoms with E-state index in [1.165, 1.54) is 7.11 Å². The summed E-state index contributed by atoms with van der Waals surface area (Å²) < 4.78 is 10.4. The summed E-state index contributed by atoms with van der Waals surface area (Å²) in [5, 5.41) is 0. The van der Waals surface area contributed by atoms with E-state index in [1.54, 1.807) is 35.5 Å². The Bertz CT molecular complexity index is 1100. The molecular weight excluding hydrogens is 406 g/mol. The van der Waals surface area contributed by atoms with E-state index in [9.17, 15) is 9.59 Å². The number of carbonyl (C=O) groups excluding carboxylic acids is 2. The summed E-state index contributed by atoms with van der Waals surface area (Å²) in [6.45, 7) is 0.656. The second-order valence-electron chi connectivity index (χ2n) is 7.31. The zero-order valence-electron chi connectivity index (χ0n) is 17.7. The Morgan fingerprint density at radius 1 is 1.00 bits per heavy atom. The maximum absolute atomic E-state index is 13.0. The molecule has 4 rings (SSSR count). The molecule has 0 aliphatic carbocycles. The van der Waals surface area contributed by atoms with Gasteiger partial charge in [-0.15, -0.1) is 0 Å².